The van der Waals surface area contributed by atoms with Crippen LogP contribution in [0, 0.1) is 0 Å². The highest BCUT2D eigenvalue weighted by atomic mass is 19.1. The molecule has 1 aliphatic carbocycles. The zero-order chi connectivity index (χ0) is 25.4. The molecule has 0 bridgehead atoms. The van der Waals surface area contributed by atoms with Crippen molar-refractivity contribution in [2.24, 2.45) is 0 Å². The van der Waals surface area contributed by atoms with Crippen LogP contribution in [0.4, 0.5) is 4.39 Å². The van der Waals surface area contributed by atoms with E-state index in [0.717, 1.165) is 17.2 Å². The van der Waals surface area contributed by atoms with E-state index in [-0.39, 0.29) is 5.91 Å². The molecule has 2 aliphatic rings. The van der Waals surface area contributed by atoms with Crippen LogP contribution in [0.1, 0.15) is 35.9 Å². The van der Waals surface area contributed by atoms with Gasteiger partial charge in [-0.15, -0.1) is 0 Å². The average molecular weight is 477 g/mol. The van der Waals surface area contributed by atoms with Crippen LogP contribution in [0.3, 0.4) is 0 Å². The highest BCUT2D eigenvalue weighted by Gasteiger charge is 2.21. The van der Waals surface area contributed by atoms with Crippen LogP contribution >= 0.6 is 0 Å². The first-order valence-electron chi connectivity index (χ1n) is 11.2. The van der Waals surface area contributed by atoms with Crippen LogP contribution in [0.15, 0.2) is 82.8 Å². The maximum Gasteiger partial charge on any atom is 0.337 e. The molecule has 1 aliphatic heterocycles. The van der Waals surface area contributed by atoms with Gasteiger partial charge in [0.25, 0.3) is 5.91 Å². The summed E-state index contributed by atoms with van der Waals surface area (Å²) in [5, 5.41) is 6.45. The van der Waals surface area contributed by atoms with Gasteiger partial charge in [0.05, 0.1) is 18.2 Å². The molecule has 0 atom stereocenters. The summed E-state index contributed by atoms with van der Waals surface area (Å²) < 4.78 is 24.7. The third-order valence-corrected chi connectivity index (χ3v) is 5.57. The molecule has 0 saturated carbocycles. The molecule has 2 heterocycles. The Morgan fingerprint density at radius 2 is 2.14 bits per heavy atom. The Bertz CT molecular complexity index is 1330. The Labute approximate surface area is 203 Å². The van der Waals surface area contributed by atoms with Gasteiger partial charge in [-0.3, -0.25) is 4.79 Å². The SMILES string of the molecule is C=C/C(F)=C\C=C(/C)c1oc(=C2\C=CNC2)/c(=C\CC2=CC(C(=O)OC)=CC=CC2)c1C(=O)NC. The predicted octanol–water partition coefficient (Wildman–Crippen LogP) is 3.51. The zero-order valence-electron chi connectivity index (χ0n) is 20.1. The maximum atomic E-state index is 13.6. The summed E-state index contributed by atoms with van der Waals surface area (Å²) >= 11 is 0. The van der Waals surface area contributed by atoms with Gasteiger partial charge in [0.15, 0.2) is 0 Å². The monoisotopic (exact) mass is 476 g/mol. The van der Waals surface area contributed by atoms with Gasteiger partial charge < -0.3 is 19.8 Å². The molecule has 0 unspecified atom stereocenters. The molecule has 6 nitrogen and oxygen atoms in total. The summed E-state index contributed by atoms with van der Waals surface area (Å²) in [6.07, 6.45) is 18.0. The zero-order valence-corrected chi connectivity index (χ0v) is 20.1. The molecule has 1 aromatic rings. The third-order valence-electron chi connectivity index (χ3n) is 5.57. The lowest BCUT2D eigenvalue weighted by molar-refractivity contribution is -0.135. The number of methoxy groups -OCH3 is 1. The molecule has 0 spiro atoms. The van der Waals surface area contributed by atoms with Crippen molar-refractivity contribution in [3.8, 4) is 0 Å². The highest BCUT2D eigenvalue weighted by molar-refractivity contribution is 5.98. The first-order valence-corrected chi connectivity index (χ1v) is 11.2. The summed E-state index contributed by atoms with van der Waals surface area (Å²) in [6, 6.07) is 0. The first-order chi connectivity index (χ1) is 16.9. The standard InChI is InChI=1S/C28H29FN2O4/c1-5-22(29)12-10-18(2)25-24(27(32)30-3)23(26(35-25)21-14-15-31-17-21)13-11-19-8-6-7-9-20(16-19)28(33)34-4/h5-7,9-10,12-16,31H,1,8,11,17H2,2-4H3,(H,30,32)/b18-10+,22-12+,23-13-,26-21+. The van der Waals surface area contributed by atoms with Crippen LogP contribution in [0.25, 0.3) is 17.2 Å². The maximum absolute atomic E-state index is 13.6. The van der Waals surface area contributed by atoms with Crippen molar-refractivity contribution in [3.05, 3.63) is 100 Å². The first kappa shape index (κ1) is 25.5. The molecule has 0 radical (unpaired) electrons. The number of esters is 1. The van der Waals surface area contributed by atoms with Crippen molar-refractivity contribution in [1.29, 1.82) is 0 Å². The Morgan fingerprint density at radius 1 is 1.34 bits per heavy atom. The largest absolute Gasteiger partial charge is 0.465 e. The van der Waals surface area contributed by atoms with E-state index in [1.807, 2.05) is 30.5 Å². The lowest BCUT2D eigenvalue weighted by Gasteiger charge is -2.03. The highest BCUT2D eigenvalue weighted by Crippen LogP contribution is 2.20. The summed E-state index contributed by atoms with van der Waals surface area (Å²) in [6.45, 7) is 5.72. The van der Waals surface area contributed by atoms with E-state index >= 15 is 0 Å². The minimum absolute atomic E-state index is 0.317. The molecule has 1 amide bonds. The second-order valence-corrected chi connectivity index (χ2v) is 7.93. The molecule has 3 rings (SSSR count). The molecule has 0 aromatic carbocycles. The number of nitrogens with one attached hydrogen (secondary N) is 2. The fourth-order valence-corrected chi connectivity index (χ4v) is 3.74. The van der Waals surface area contributed by atoms with Crippen molar-refractivity contribution in [2.75, 3.05) is 20.7 Å². The van der Waals surface area contributed by atoms with Crippen LogP contribution in [-0.4, -0.2) is 32.6 Å². The number of hydrogen-bond acceptors (Lipinski definition) is 5. The van der Waals surface area contributed by atoms with Crippen molar-refractivity contribution in [2.45, 2.75) is 19.8 Å². The van der Waals surface area contributed by atoms with E-state index < -0.39 is 11.8 Å². The Morgan fingerprint density at radius 3 is 2.80 bits per heavy atom. The van der Waals surface area contributed by atoms with Crippen LogP contribution in [0.2, 0.25) is 0 Å². The van der Waals surface area contributed by atoms with E-state index in [0.29, 0.717) is 52.5 Å². The molecule has 7 heteroatoms. The molecule has 2 N–H and O–H groups in total. The van der Waals surface area contributed by atoms with Gasteiger partial charge in [0.1, 0.15) is 17.0 Å². The van der Waals surface area contributed by atoms with Crippen LogP contribution in [0.5, 0.6) is 0 Å². The number of ether oxygens (including phenoxy) is 1. The number of carbonyl (C=O) groups excluding carboxylic acids is 2. The van der Waals surface area contributed by atoms with E-state index in [4.69, 9.17) is 9.15 Å². The summed E-state index contributed by atoms with van der Waals surface area (Å²) in [4.78, 5) is 25.1. The smallest absolute Gasteiger partial charge is 0.337 e. The minimum atomic E-state index is -0.496. The molecular weight excluding hydrogens is 447 g/mol. The Kier molecular flexibility index (Phi) is 8.62. The number of allylic oxidation sites excluding steroid dienone is 9. The van der Waals surface area contributed by atoms with Gasteiger partial charge in [-0.2, -0.15) is 0 Å². The number of halogens is 1. The predicted molar refractivity (Wildman–Crippen MR) is 136 cm³/mol. The number of amides is 1. The summed E-state index contributed by atoms with van der Waals surface area (Å²) in [5.74, 6) is -0.867. The van der Waals surface area contributed by atoms with Gasteiger partial charge in [-0.05, 0) is 61.9 Å². The van der Waals surface area contributed by atoms with Crippen LogP contribution in [-0.2, 0) is 9.53 Å². The third kappa shape index (κ3) is 6.06. The van der Waals surface area contributed by atoms with Crippen molar-refractivity contribution >= 4 is 29.1 Å². The van der Waals surface area contributed by atoms with E-state index in [1.165, 1.54) is 13.2 Å². The Hall–Kier alpha value is -4.13. The van der Waals surface area contributed by atoms with E-state index in [1.54, 1.807) is 32.2 Å². The average Bonchev–Trinajstić information content (AvgIpc) is 3.47. The van der Waals surface area contributed by atoms with E-state index in [9.17, 15) is 14.0 Å². The lowest BCUT2D eigenvalue weighted by Crippen LogP contribution is -2.32. The molecule has 35 heavy (non-hydrogen) atoms. The molecular formula is C28H29FN2O4. The molecule has 1 aromatic heterocycles. The van der Waals surface area contributed by atoms with Gasteiger partial charge in [-0.1, -0.05) is 36.5 Å². The van der Waals surface area contributed by atoms with E-state index in [2.05, 4.69) is 17.2 Å². The fraction of sp³-hybridized carbons (Fsp3) is 0.214. The van der Waals surface area contributed by atoms with Gasteiger partial charge >= 0.3 is 5.97 Å². The van der Waals surface area contributed by atoms with Gasteiger partial charge in [0, 0.05) is 24.4 Å². The normalized spacial score (nSPS) is 18.0. The topological polar surface area (TPSA) is 80.6 Å². The second kappa shape index (κ2) is 11.8. The van der Waals surface area contributed by atoms with Gasteiger partial charge in [-0.25, -0.2) is 9.18 Å². The van der Waals surface area contributed by atoms with Gasteiger partial charge in [0.2, 0.25) is 0 Å². The second-order valence-electron chi connectivity index (χ2n) is 7.93. The van der Waals surface area contributed by atoms with Crippen LogP contribution < -0.4 is 21.3 Å². The van der Waals surface area contributed by atoms with Crippen molar-refractivity contribution in [1.82, 2.24) is 10.6 Å². The molecule has 0 saturated heterocycles. The number of rotatable bonds is 7. The minimum Gasteiger partial charge on any atom is -0.465 e. The molecule has 0 fully saturated rings. The number of furan rings is 1. The van der Waals surface area contributed by atoms with Crippen molar-refractivity contribution in [3.63, 3.8) is 0 Å². The molecule has 182 valence electrons. The quantitative estimate of drug-likeness (QED) is 0.465. The Balaban J connectivity index is 2.21. The fourth-order valence-electron chi connectivity index (χ4n) is 3.74. The summed E-state index contributed by atoms with van der Waals surface area (Å²) in [5.41, 5.74) is 3.83. The summed E-state index contributed by atoms with van der Waals surface area (Å²) in [7, 11) is 2.90. The lowest BCUT2D eigenvalue weighted by atomic mass is 10.0. The number of carbonyl (C=O) groups is 2. The number of hydrogen-bond donors (Lipinski definition) is 2. The van der Waals surface area contributed by atoms with Crippen molar-refractivity contribution < 1.29 is 23.1 Å².